The monoisotopic (exact) mass is 180 g/mol. The zero-order chi connectivity index (χ0) is 10.5. The van der Waals surface area contributed by atoms with E-state index in [0.29, 0.717) is 6.54 Å². The molecule has 1 N–H and O–H groups in total. The zero-order valence-electron chi connectivity index (χ0n) is 8.64. The number of nitrogens with one attached hydrogen (secondary N) is 1. The molecule has 0 aliphatic carbocycles. The molecule has 0 saturated carbocycles. The Morgan fingerprint density at radius 2 is 2.08 bits per heavy atom. The first-order valence-electron chi connectivity index (χ1n) is 4.23. The maximum Gasteiger partial charge on any atom is 0.240 e. The van der Waals surface area contributed by atoms with Crippen LogP contribution < -0.4 is 5.32 Å². The molecule has 1 amide bonds. The molecule has 72 valence electrons. The summed E-state index contributed by atoms with van der Waals surface area (Å²) in [4.78, 5) is 11.3. The van der Waals surface area contributed by atoms with E-state index in [1.807, 2.05) is 26.0 Å². The van der Waals surface area contributed by atoms with Gasteiger partial charge in [0.15, 0.2) is 0 Å². The van der Waals surface area contributed by atoms with Gasteiger partial charge in [0.1, 0.15) is 5.41 Å². The fourth-order valence-electron chi connectivity index (χ4n) is 0.620. The van der Waals surface area contributed by atoms with E-state index in [1.54, 1.807) is 13.8 Å². The fourth-order valence-corrected chi connectivity index (χ4v) is 0.620. The second-order valence-electron chi connectivity index (χ2n) is 3.73. The Morgan fingerprint density at radius 3 is 2.46 bits per heavy atom. The Kier molecular flexibility index (Phi) is 4.19. The van der Waals surface area contributed by atoms with Crippen molar-refractivity contribution in [2.24, 2.45) is 5.41 Å². The number of allylic oxidation sites excluding steroid dienone is 1. The van der Waals surface area contributed by atoms with Gasteiger partial charge in [0.2, 0.25) is 5.91 Å². The van der Waals surface area contributed by atoms with Crippen LogP contribution in [-0.2, 0) is 4.79 Å². The summed E-state index contributed by atoms with van der Waals surface area (Å²) in [5.41, 5.74) is 0.213. The number of hydrogen-bond acceptors (Lipinski definition) is 2. The Hall–Kier alpha value is -1.30. The molecule has 0 rings (SSSR count). The third kappa shape index (κ3) is 4.32. The summed E-state index contributed by atoms with van der Waals surface area (Å²) in [7, 11) is 0. The first kappa shape index (κ1) is 11.7. The first-order chi connectivity index (χ1) is 5.90. The molecule has 0 atom stereocenters. The van der Waals surface area contributed by atoms with Gasteiger partial charge in [-0.05, 0) is 27.7 Å². The molecule has 0 spiro atoms. The summed E-state index contributed by atoms with van der Waals surface area (Å²) < 4.78 is 0. The lowest BCUT2D eigenvalue weighted by Gasteiger charge is -2.13. The van der Waals surface area contributed by atoms with Crippen molar-refractivity contribution < 1.29 is 4.79 Å². The Labute approximate surface area is 79.4 Å². The number of carbonyl (C=O) groups excluding carboxylic acids is 1. The molecule has 0 radical (unpaired) electrons. The SMILES string of the molecule is CC(C)=CCNC(=O)C(C)(C)C#N. The van der Waals surface area contributed by atoms with Crippen molar-refractivity contribution in [2.75, 3.05) is 6.54 Å². The highest BCUT2D eigenvalue weighted by Gasteiger charge is 2.26. The van der Waals surface area contributed by atoms with E-state index < -0.39 is 5.41 Å². The smallest absolute Gasteiger partial charge is 0.240 e. The van der Waals surface area contributed by atoms with Crippen LogP contribution in [0.5, 0.6) is 0 Å². The third-order valence-corrected chi connectivity index (χ3v) is 1.62. The van der Waals surface area contributed by atoms with Crippen LogP contribution in [0.4, 0.5) is 0 Å². The van der Waals surface area contributed by atoms with Gasteiger partial charge in [-0.15, -0.1) is 0 Å². The highest BCUT2D eigenvalue weighted by Crippen LogP contribution is 2.12. The largest absolute Gasteiger partial charge is 0.351 e. The van der Waals surface area contributed by atoms with Crippen LogP contribution in [-0.4, -0.2) is 12.5 Å². The summed E-state index contributed by atoms with van der Waals surface area (Å²) in [5, 5.41) is 11.3. The van der Waals surface area contributed by atoms with Gasteiger partial charge in [-0.1, -0.05) is 11.6 Å². The number of nitriles is 1. The van der Waals surface area contributed by atoms with Crippen LogP contribution in [0.25, 0.3) is 0 Å². The molecule has 13 heavy (non-hydrogen) atoms. The minimum atomic E-state index is -0.935. The molecule has 0 aromatic rings. The molecule has 0 aromatic carbocycles. The van der Waals surface area contributed by atoms with Crippen molar-refractivity contribution in [3.8, 4) is 6.07 Å². The van der Waals surface area contributed by atoms with Crippen molar-refractivity contribution in [1.82, 2.24) is 5.32 Å². The minimum absolute atomic E-state index is 0.229. The van der Waals surface area contributed by atoms with Crippen molar-refractivity contribution >= 4 is 5.91 Å². The topological polar surface area (TPSA) is 52.9 Å². The van der Waals surface area contributed by atoms with E-state index in [1.165, 1.54) is 0 Å². The lowest BCUT2D eigenvalue weighted by atomic mass is 9.95. The maximum atomic E-state index is 11.3. The van der Waals surface area contributed by atoms with Crippen LogP contribution in [0, 0.1) is 16.7 Å². The lowest BCUT2D eigenvalue weighted by Crippen LogP contribution is -2.35. The number of hydrogen-bond donors (Lipinski definition) is 1. The van der Waals surface area contributed by atoms with Gasteiger partial charge in [0.25, 0.3) is 0 Å². The van der Waals surface area contributed by atoms with Crippen LogP contribution in [0.3, 0.4) is 0 Å². The molecule has 0 heterocycles. The molecule has 0 saturated heterocycles. The van der Waals surface area contributed by atoms with Crippen molar-refractivity contribution in [3.63, 3.8) is 0 Å². The van der Waals surface area contributed by atoms with E-state index in [-0.39, 0.29) is 5.91 Å². The standard InChI is InChI=1S/C10H16N2O/c1-8(2)5-6-12-9(13)10(3,4)7-11/h5H,6H2,1-4H3,(H,12,13). The normalized spacial score (nSPS) is 10.1. The van der Waals surface area contributed by atoms with Gasteiger partial charge < -0.3 is 5.32 Å². The quantitative estimate of drug-likeness (QED) is 0.671. The highest BCUT2D eigenvalue weighted by atomic mass is 16.2. The van der Waals surface area contributed by atoms with Crippen molar-refractivity contribution in [3.05, 3.63) is 11.6 Å². The first-order valence-corrected chi connectivity index (χ1v) is 4.23. The molecule has 0 bridgehead atoms. The van der Waals surface area contributed by atoms with E-state index in [0.717, 1.165) is 5.57 Å². The summed E-state index contributed by atoms with van der Waals surface area (Å²) in [5.74, 6) is -0.229. The molecule has 3 nitrogen and oxygen atoms in total. The summed E-state index contributed by atoms with van der Waals surface area (Å²) >= 11 is 0. The Balaban J connectivity index is 4.05. The Bertz CT molecular complexity index is 255. The second kappa shape index (κ2) is 4.66. The van der Waals surface area contributed by atoms with Gasteiger partial charge in [-0.25, -0.2) is 0 Å². The summed E-state index contributed by atoms with van der Waals surface area (Å²) in [6, 6.07) is 1.95. The molecule has 0 aromatic heterocycles. The molecule has 0 unspecified atom stereocenters. The average Bonchev–Trinajstić information content (AvgIpc) is 2.03. The summed E-state index contributed by atoms with van der Waals surface area (Å²) in [6.07, 6.45) is 1.91. The van der Waals surface area contributed by atoms with Crippen LogP contribution in [0.15, 0.2) is 11.6 Å². The van der Waals surface area contributed by atoms with Crippen molar-refractivity contribution in [2.45, 2.75) is 27.7 Å². The predicted molar refractivity (Wildman–Crippen MR) is 51.8 cm³/mol. The molecule has 0 aliphatic rings. The van der Waals surface area contributed by atoms with E-state index in [2.05, 4.69) is 5.32 Å². The number of carbonyl (C=O) groups is 1. The average molecular weight is 180 g/mol. The van der Waals surface area contributed by atoms with Gasteiger partial charge in [0.05, 0.1) is 6.07 Å². The predicted octanol–water partition coefficient (Wildman–Crippen LogP) is 1.62. The van der Waals surface area contributed by atoms with Crippen molar-refractivity contribution in [1.29, 1.82) is 5.26 Å². The number of nitrogens with zero attached hydrogens (tertiary/aromatic N) is 1. The minimum Gasteiger partial charge on any atom is -0.351 e. The zero-order valence-corrected chi connectivity index (χ0v) is 8.64. The Morgan fingerprint density at radius 1 is 1.54 bits per heavy atom. The molecule has 3 heteroatoms. The second-order valence-corrected chi connectivity index (χ2v) is 3.73. The maximum absolute atomic E-state index is 11.3. The number of amides is 1. The fraction of sp³-hybridized carbons (Fsp3) is 0.600. The van der Waals surface area contributed by atoms with Gasteiger partial charge in [-0.2, -0.15) is 5.26 Å². The molecule has 0 fully saturated rings. The van der Waals surface area contributed by atoms with Gasteiger partial charge >= 0.3 is 0 Å². The lowest BCUT2D eigenvalue weighted by molar-refractivity contribution is -0.126. The van der Waals surface area contributed by atoms with Gasteiger partial charge in [0, 0.05) is 6.54 Å². The van der Waals surface area contributed by atoms with E-state index >= 15 is 0 Å². The van der Waals surface area contributed by atoms with Gasteiger partial charge in [-0.3, -0.25) is 4.79 Å². The number of rotatable bonds is 3. The van der Waals surface area contributed by atoms with Crippen LogP contribution in [0.2, 0.25) is 0 Å². The van der Waals surface area contributed by atoms with E-state index in [4.69, 9.17) is 5.26 Å². The third-order valence-electron chi connectivity index (χ3n) is 1.62. The van der Waals surface area contributed by atoms with Crippen LogP contribution >= 0.6 is 0 Å². The van der Waals surface area contributed by atoms with E-state index in [9.17, 15) is 4.79 Å². The molecular formula is C10H16N2O. The molecular weight excluding hydrogens is 164 g/mol. The summed E-state index contributed by atoms with van der Waals surface area (Å²) in [6.45, 7) is 7.62. The van der Waals surface area contributed by atoms with Crippen LogP contribution in [0.1, 0.15) is 27.7 Å². The molecule has 0 aliphatic heterocycles. The highest BCUT2D eigenvalue weighted by molar-refractivity contribution is 5.84.